The molecule has 1 N–H and O–H groups in total. The van der Waals surface area contributed by atoms with Gasteiger partial charge in [0, 0.05) is 11.3 Å². The van der Waals surface area contributed by atoms with Crippen LogP contribution in [0, 0.1) is 5.92 Å². The zero-order chi connectivity index (χ0) is 18.9. The molecule has 0 saturated carbocycles. The van der Waals surface area contributed by atoms with E-state index in [9.17, 15) is 13.2 Å². The molecule has 2 atom stereocenters. The molecular formula is C19H20ClNO4S. The molecule has 0 unspecified atom stereocenters. The van der Waals surface area contributed by atoms with Crippen LogP contribution in [0.5, 0.6) is 5.75 Å². The molecule has 1 aliphatic rings. The van der Waals surface area contributed by atoms with Gasteiger partial charge in [-0.2, -0.15) is 0 Å². The molecule has 26 heavy (non-hydrogen) atoms. The minimum atomic E-state index is -3.23. The number of fused-ring (bicyclic) bond motifs is 1. The summed E-state index contributed by atoms with van der Waals surface area (Å²) >= 11 is 6.01. The van der Waals surface area contributed by atoms with E-state index in [4.69, 9.17) is 16.3 Å². The van der Waals surface area contributed by atoms with E-state index in [2.05, 4.69) is 5.32 Å². The molecule has 3 rings (SSSR count). The highest BCUT2D eigenvalue weighted by atomic mass is 35.5. The van der Waals surface area contributed by atoms with Gasteiger partial charge in [-0.25, -0.2) is 8.42 Å². The Morgan fingerprint density at radius 1 is 1.23 bits per heavy atom. The van der Waals surface area contributed by atoms with E-state index < -0.39 is 9.84 Å². The summed E-state index contributed by atoms with van der Waals surface area (Å²) in [4.78, 5) is 12.8. The highest BCUT2D eigenvalue weighted by molar-refractivity contribution is 7.90. The summed E-state index contributed by atoms with van der Waals surface area (Å²) in [5, 5.41) is 3.59. The first-order valence-corrected chi connectivity index (χ1v) is 10.5. The van der Waals surface area contributed by atoms with Crippen molar-refractivity contribution in [3.63, 3.8) is 0 Å². The number of hydrogen-bond donors (Lipinski definition) is 1. The first-order valence-electron chi connectivity index (χ1n) is 8.25. The van der Waals surface area contributed by atoms with Crippen molar-refractivity contribution in [1.29, 1.82) is 0 Å². The quantitative estimate of drug-likeness (QED) is 0.865. The maximum atomic E-state index is 12.6. The Morgan fingerprint density at radius 2 is 1.92 bits per heavy atom. The number of nitrogens with one attached hydrogen (secondary N) is 1. The Labute approximate surface area is 158 Å². The minimum absolute atomic E-state index is 0.102. The first kappa shape index (κ1) is 18.7. The number of sulfone groups is 1. The Kier molecular flexibility index (Phi) is 5.25. The third-order valence-corrected chi connectivity index (χ3v) is 5.83. The average Bonchev–Trinajstić information content (AvgIpc) is 2.60. The lowest BCUT2D eigenvalue weighted by atomic mass is 9.95. The van der Waals surface area contributed by atoms with Crippen LogP contribution < -0.4 is 10.1 Å². The van der Waals surface area contributed by atoms with Crippen LogP contribution in [0.25, 0.3) is 0 Å². The van der Waals surface area contributed by atoms with Crippen LogP contribution in [0.1, 0.15) is 24.1 Å². The topological polar surface area (TPSA) is 72.5 Å². The van der Waals surface area contributed by atoms with Crippen molar-refractivity contribution in [3.8, 4) is 5.75 Å². The molecule has 0 aromatic heterocycles. The fourth-order valence-electron chi connectivity index (χ4n) is 2.95. The lowest BCUT2D eigenvalue weighted by molar-refractivity contribution is -0.126. The number of ether oxygens (including phenoxy) is 1. The van der Waals surface area contributed by atoms with E-state index in [1.165, 1.54) is 6.26 Å². The van der Waals surface area contributed by atoms with Gasteiger partial charge in [0.1, 0.15) is 12.4 Å². The largest absolute Gasteiger partial charge is 0.492 e. The second-order valence-electron chi connectivity index (χ2n) is 6.54. The van der Waals surface area contributed by atoms with E-state index >= 15 is 0 Å². The van der Waals surface area contributed by atoms with Gasteiger partial charge < -0.3 is 10.1 Å². The van der Waals surface area contributed by atoms with Gasteiger partial charge in [-0.15, -0.1) is 0 Å². The molecule has 0 spiro atoms. The van der Waals surface area contributed by atoms with Gasteiger partial charge in [-0.3, -0.25) is 4.79 Å². The van der Waals surface area contributed by atoms with Crippen LogP contribution >= 0.6 is 11.6 Å². The summed E-state index contributed by atoms with van der Waals surface area (Å²) in [6, 6.07) is 11.7. The zero-order valence-corrected chi connectivity index (χ0v) is 16.1. The Morgan fingerprint density at radius 3 is 2.58 bits per heavy atom. The maximum absolute atomic E-state index is 12.6. The van der Waals surface area contributed by atoms with Crippen molar-refractivity contribution in [2.75, 3.05) is 12.9 Å². The summed E-state index contributed by atoms with van der Waals surface area (Å²) in [6.45, 7) is 2.18. The fraction of sp³-hybridized carbons (Fsp3) is 0.316. The van der Waals surface area contributed by atoms with Crippen molar-refractivity contribution in [2.45, 2.75) is 24.3 Å². The van der Waals surface area contributed by atoms with Crippen LogP contribution in [0.2, 0.25) is 5.02 Å². The van der Waals surface area contributed by atoms with Gasteiger partial charge in [-0.05, 0) is 54.8 Å². The van der Waals surface area contributed by atoms with Gasteiger partial charge in [0.2, 0.25) is 5.91 Å². The van der Waals surface area contributed by atoms with Crippen LogP contribution in [-0.2, 0) is 21.1 Å². The number of benzene rings is 2. The lowest BCUT2D eigenvalue weighted by Gasteiger charge is -2.26. The summed E-state index contributed by atoms with van der Waals surface area (Å²) in [5.74, 6) is 0.372. The molecule has 0 aliphatic carbocycles. The molecule has 1 heterocycles. The Hall–Kier alpha value is -2.05. The molecule has 7 heteroatoms. The highest BCUT2D eigenvalue weighted by Crippen LogP contribution is 2.30. The zero-order valence-electron chi connectivity index (χ0n) is 14.5. The second kappa shape index (κ2) is 7.29. The first-order chi connectivity index (χ1) is 12.2. The normalized spacial score (nSPS) is 17.7. The van der Waals surface area contributed by atoms with Gasteiger partial charge in [-0.1, -0.05) is 23.7 Å². The van der Waals surface area contributed by atoms with Crippen molar-refractivity contribution in [1.82, 2.24) is 5.32 Å². The molecule has 2 aromatic carbocycles. The van der Waals surface area contributed by atoms with Gasteiger partial charge in [0.25, 0.3) is 0 Å². The summed E-state index contributed by atoms with van der Waals surface area (Å²) < 4.78 is 28.7. The Bertz CT molecular complexity index is 925. The molecule has 0 saturated heterocycles. The Balaban J connectivity index is 1.66. The number of rotatable bonds is 4. The molecule has 138 valence electrons. The number of hydrogen-bond acceptors (Lipinski definition) is 4. The van der Waals surface area contributed by atoms with E-state index in [0.717, 1.165) is 16.9 Å². The van der Waals surface area contributed by atoms with Crippen LogP contribution in [0.3, 0.4) is 0 Å². The highest BCUT2D eigenvalue weighted by Gasteiger charge is 2.27. The van der Waals surface area contributed by atoms with E-state index in [-0.39, 0.29) is 22.8 Å². The third kappa shape index (κ3) is 4.19. The lowest BCUT2D eigenvalue weighted by Crippen LogP contribution is -2.38. The standard InChI is InChI=1S/C19H20ClNO4S/c1-12(13-3-6-17(7-4-13)26(2,23)24)21-19(22)15-9-14-10-16(20)5-8-18(14)25-11-15/h3-8,10,12,15H,9,11H2,1-2H3,(H,21,22)/t12-,15+/m1/s1. The van der Waals surface area contributed by atoms with Crippen LogP contribution in [-0.4, -0.2) is 27.2 Å². The van der Waals surface area contributed by atoms with E-state index in [1.807, 2.05) is 19.1 Å². The van der Waals surface area contributed by atoms with Crippen molar-refractivity contribution in [2.24, 2.45) is 5.92 Å². The van der Waals surface area contributed by atoms with Crippen molar-refractivity contribution >= 4 is 27.3 Å². The molecule has 0 fully saturated rings. The molecule has 5 nitrogen and oxygen atoms in total. The monoisotopic (exact) mass is 393 g/mol. The average molecular weight is 394 g/mol. The molecule has 1 aliphatic heterocycles. The smallest absolute Gasteiger partial charge is 0.227 e. The van der Waals surface area contributed by atoms with Gasteiger partial charge in [0.05, 0.1) is 16.9 Å². The summed E-state index contributed by atoms with van der Waals surface area (Å²) in [5.41, 5.74) is 1.76. The summed E-state index contributed by atoms with van der Waals surface area (Å²) in [7, 11) is -3.23. The number of carbonyl (C=O) groups excluding carboxylic acids is 1. The molecule has 0 radical (unpaired) electrons. The van der Waals surface area contributed by atoms with Crippen molar-refractivity contribution < 1.29 is 17.9 Å². The van der Waals surface area contributed by atoms with Crippen molar-refractivity contribution in [3.05, 3.63) is 58.6 Å². The minimum Gasteiger partial charge on any atom is -0.492 e. The molecular weight excluding hydrogens is 374 g/mol. The van der Waals surface area contributed by atoms with E-state index in [1.54, 1.807) is 30.3 Å². The molecule has 0 bridgehead atoms. The third-order valence-electron chi connectivity index (χ3n) is 4.47. The summed E-state index contributed by atoms with van der Waals surface area (Å²) in [6.07, 6.45) is 1.74. The second-order valence-corrected chi connectivity index (χ2v) is 8.99. The molecule has 1 amide bonds. The predicted octanol–water partition coefficient (Wildman–Crippen LogP) is 3.17. The number of carbonyl (C=O) groups is 1. The van der Waals surface area contributed by atoms with Crippen LogP contribution in [0.15, 0.2) is 47.4 Å². The SMILES string of the molecule is C[C@@H](NC(=O)[C@@H]1COc2ccc(Cl)cc2C1)c1ccc(S(C)(=O)=O)cc1. The maximum Gasteiger partial charge on any atom is 0.227 e. The van der Waals surface area contributed by atoms with Crippen LogP contribution in [0.4, 0.5) is 0 Å². The fourth-order valence-corrected chi connectivity index (χ4v) is 3.77. The van der Waals surface area contributed by atoms with E-state index in [0.29, 0.717) is 18.1 Å². The molecule has 2 aromatic rings. The number of amides is 1. The van der Waals surface area contributed by atoms with Gasteiger partial charge >= 0.3 is 0 Å². The number of halogens is 1. The van der Waals surface area contributed by atoms with Gasteiger partial charge in [0.15, 0.2) is 9.84 Å². The predicted molar refractivity (Wildman–Crippen MR) is 100 cm³/mol.